The average Bonchev–Trinajstić information content (AvgIpc) is 2.85. The Morgan fingerprint density at radius 2 is 2.04 bits per heavy atom. The smallest absolute Gasteiger partial charge is 0.276 e. The van der Waals surface area contributed by atoms with Crippen molar-refractivity contribution < 1.29 is 4.39 Å². The normalized spacial score (nSPS) is 13.0. The summed E-state index contributed by atoms with van der Waals surface area (Å²) >= 11 is 9.85. The van der Waals surface area contributed by atoms with Crippen LogP contribution in [0.15, 0.2) is 50.7 Å². The lowest BCUT2D eigenvalue weighted by Crippen LogP contribution is -2.19. The zero-order chi connectivity index (χ0) is 16.8. The van der Waals surface area contributed by atoms with E-state index in [4.69, 9.17) is 11.6 Å². The largest absolute Gasteiger partial charge is 0.348 e. The first kappa shape index (κ1) is 15.3. The van der Waals surface area contributed by atoms with Crippen molar-refractivity contribution >= 4 is 33.2 Å². The molecule has 0 unspecified atom stereocenters. The topological polar surface area (TPSA) is 63.0 Å². The minimum Gasteiger partial charge on any atom is -0.276 e. The molecular weight excluding hydrogens is 399 g/mol. The SMILES string of the molecule is O=c1[nH]nc2n1-c1ccc(Br)c(Cl)c1C(c1ccccc1F)=NC2. The van der Waals surface area contributed by atoms with E-state index in [-0.39, 0.29) is 6.54 Å². The highest BCUT2D eigenvalue weighted by Crippen LogP contribution is 2.34. The first-order chi connectivity index (χ1) is 11.6. The summed E-state index contributed by atoms with van der Waals surface area (Å²) in [6.45, 7) is 0.130. The molecule has 0 radical (unpaired) electrons. The van der Waals surface area contributed by atoms with Crippen molar-refractivity contribution in [1.29, 1.82) is 0 Å². The number of benzene rings is 2. The molecule has 0 fully saturated rings. The van der Waals surface area contributed by atoms with Gasteiger partial charge in [0.25, 0.3) is 0 Å². The van der Waals surface area contributed by atoms with Gasteiger partial charge in [-0.25, -0.2) is 18.9 Å². The van der Waals surface area contributed by atoms with E-state index in [9.17, 15) is 9.18 Å². The van der Waals surface area contributed by atoms with Crippen LogP contribution in [0.5, 0.6) is 0 Å². The molecule has 2 aromatic carbocycles. The fourth-order valence-electron chi connectivity index (χ4n) is 2.74. The van der Waals surface area contributed by atoms with E-state index >= 15 is 0 Å². The molecule has 0 bridgehead atoms. The molecule has 0 spiro atoms. The monoisotopic (exact) mass is 406 g/mol. The summed E-state index contributed by atoms with van der Waals surface area (Å²) in [4.78, 5) is 16.6. The zero-order valence-corrected chi connectivity index (χ0v) is 14.4. The van der Waals surface area contributed by atoms with Crippen LogP contribution in [0.25, 0.3) is 5.69 Å². The highest BCUT2D eigenvalue weighted by atomic mass is 79.9. The van der Waals surface area contributed by atoms with E-state index in [2.05, 4.69) is 31.1 Å². The molecule has 24 heavy (non-hydrogen) atoms. The standard InChI is InChI=1S/C16H9BrClFN4O/c17-9-5-6-11-13(14(9)18)15(8-3-1-2-4-10(8)19)20-7-12-21-22-16(24)23(11)12/h1-6H,7H2,(H,22,24). The predicted molar refractivity (Wildman–Crippen MR) is 92.6 cm³/mol. The fraction of sp³-hybridized carbons (Fsp3) is 0.0625. The summed E-state index contributed by atoms with van der Waals surface area (Å²) in [5.41, 5.74) is 1.31. The van der Waals surface area contributed by atoms with Crippen molar-refractivity contribution in [2.75, 3.05) is 0 Å². The first-order valence-corrected chi connectivity index (χ1v) is 8.19. The van der Waals surface area contributed by atoms with Gasteiger partial charge in [-0.15, -0.1) is 0 Å². The van der Waals surface area contributed by atoms with Gasteiger partial charge in [-0.05, 0) is 40.2 Å². The van der Waals surface area contributed by atoms with Gasteiger partial charge in [-0.1, -0.05) is 23.7 Å². The van der Waals surface area contributed by atoms with Crippen molar-refractivity contribution in [3.05, 3.63) is 79.1 Å². The summed E-state index contributed by atoms with van der Waals surface area (Å²) in [6, 6.07) is 9.78. The Hall–Kier alpha value is -2.25. The number of halogens is 3. The van der Waals surface area contributed by atoms with Crippen LogP contribution >= 0.6 is 27.5 Å². The summed E-state index contributed by atoms with van der Waals surface area (Å²) in [7, 11) is 0. The molecule has 0 amide bonds. The molecule has 5 nitrogen and oxygen atoms in total. The predicted octanol–water partition coefficient (Wildman–Crippen LogP) is 3.47. The molecular formula is C16H9BrClFN4O. The third-order valence-corrected chi connectivity index (χ3v) is 5.08. The van der Waals surface area contributed by atoms with Gasteiger partial charge in [0.15, 0.2) is 5.82 Å². The lowest BCUT2D eigenvalue weighted by molar-refractivity contribution is 0.625. The van der Waals surface area contributed by atoms with Crippen LogP contribution in [-0.4, -0.2) is 20.5 Å². The van der Waals surface area contributed by atoms with Crippen molar-refractivity contribution in [2.24, 2.45) is 4.99 Å². The third-order valence-electron chi connectivity index (χ3n) is 3.80. The Balaban J connectivity index is 2.10. The van der Waals surface area contributed by atoms with Crippen LogP contribution in [0, 0.1) is 5.82 Å². The number of rotatable bonds is 1. The number of fused-ring (bicyclic) bond motifs is 3. The van der Waals surface area contributed by atoms with E-state index in [1.54, 1.807) is 30.3 Å². The number of nitrogens with zero attached hydrogens (tertiary/aromatic N) is 3. The summed E-state index contributed by atoms with van der Waals surface area (Å²) in [5, 5.41) is 6.75. The Morgan fingerprint density at radius 3 is 2.83 bits per heavy atom. The number of aromatic amines is 1. The van der Waals surface area contributed by atoms with Gasteiger partial charge in [-0.2, -0.15) is 5.10 Å². The Morgan fingerprint density at radius 1 is 1.25 bits per heavy atom. The minimum absolute atomic E-state index is 0.130. The maximum Gasteiger partial charge on any atom is 0.348 e. The van der Waals surface area contributed by atoms with Gasteiger partial charge in [0, 0.05) is 15.6 Å². The molecule has 1 N–H and O–H groups in total. The van der Waals surface area contributed by atoms with E-state index in [0.717, 1.165) is 0 Å². The third kappa shape index (κ3) is 2.23. The molecule has 1 aliphatic rings. The zero-order valence-electron chi connectivity index (χ0n) is 12.1. The Kier molecular flexibility index (Phi) is 3.62. The fourth-order valence-corrected chi connectivity index (χ4v) is 3.32. The summed E-state index contributed by atoms with van der Waals surface area (Å²) in [6.07, 6.45) is 0. The number of nitrogens with one attached hydrogen (secondary N) is 1. The minimum atomic E-state index is -0.410. The number of aliphatic imine (C=N–C) groups is 1. The number of hydrogen-bond acceptors (Lipinski definition) is 3. The first-order valence-electron chi connectivity index (χ1n) is 7.02. The van der Waals surface area contributed by atoms with Crippen LogP contribution in [0.1, 0.15) is 17.0 Å². The second kappa shape index (κ2) is 5.68. The molecule has 120 valence electrons. The lowest BCUT2D eigenvalue weighted by atomic mass is 10.00. The van der Waals surface area contributed by atoms with Crippen LogP contribution in [0.2, 0.25) is 5.02 Å². The molecule has 0 saturated carbocycles. The van der Waals surface area contributed by atoms with Crippen molar-refractivity contribution in [3.8, 4) is 5.69 Å². The van der Waals surface area contributed by atoms with Crippen LogP contribution in [0.3, 0.4) is 0 Å². The van der Waals surface area contributed by atoms with Gasteiger partial charge in [0.05, 0.1) is 16.4 Å². The molecule has 8 heteroatoms. The Labute approximate surface area is 148 Å². The van der Waals surface area contributed by atoms with E-state index in [0.29, 0.717) is 37.8 Å². The maximum atomic E-state index is 14.3. The van der Waals surface area contributed by atoms with Gasteiger partial charge >= 0.3 is 5.69 Å². The van der Waals surface area contributed by atoms with Crippen molar-refractivity contribution in [2.45, 2.75) is 6.54 Å². The summed E-state index contributed by atoms with van der Waals surface area (Å²) in [5.74, 6) is 0.0256. The molecule has 1 aliphatic heterocycles. The lowest BCUT2D eigenvalue weighted by Gasteiger charge is -2.14. The van der Waals surface area contributed by atoms with E-state index in [1.165, 1.54) is 10.6 Å². The average molecular weight is 408 g/mol. The highest BCUT2D eigenvalue weighted by Gasteiger charge is 2.26. The highest BCUT2D eigenvalue weighted by molar-refractivity contribution is 9.10. The number of aromatic nitrogens is 3. The van der Waals surface area contributed by atoms with E-state index in [1.807, 2.05) is 0 Å². The quantitative estimate of drug-likeness (QED) is 0.671. The molecule has 3 aromatic rings. The molecule has 4 rings (SSSR count). The Bertz CT molecular complexity index is 1060. The van der Waals surface area contributed by atoms with Gasteiger partial charge in [-0.3, -0.25) is 4.99 Å². The van der Waals surface area contributed by atoms with E-state index < -0.39 is 11.5 Å². The van der Waals surface area contributed by atoms with Gasteiger partial charge in [0.1, 0.15) is 12.4 Å². The summed E-state index contributed by atoms with van der Waals surface area (Å²) < 4.78 is 16.4. The van der Waals surface area contributed by atoms with Gasteiger partial charge < -0.3 is 0 Å². The number of H-pyrrole nitrogens is 1. The van der Waals surface area contributed by atoms with Crippen molar-refractivity contribution in [1.82, 2.24) is 14.8 Å². The van der Waals surface area contributed by atoms with Gasteiger partial charge in [0.2, 0.25) is 0 Å². The number of hydrogen-bond donors (Lipinski definition) is 1. The van der Waals surface area contributed by atoms with Crippen LogP contribution in [-0.2, 0) is 6.54 Å². The molecule has 0 atom stereocenters. The molecule has 0 saturated heterocycles. The van der Waals surface area contributed by atoms with Crippen molar-refractivity contribution in [3.63, 3.8) is 0 Å². The molecule has 0 aliphatic carbocycles. The molecule has 2 heterocycles. The molecule has 1 aromatic heterocycles. The van der Waals surface area contributed by atoms with Crippen LogP contribution in [0.4, 0.5) is 4.39 Å². The second-order valence-electron chi connectivity index (χ2n) is 5.18. The van der Waals surface area contributed by atoms with Crippen LogP contribution < -0.4 is 5.69 Å². The second-order valence-corrected chi connectivity index (χ2v) is 6.41. The maximum absolute atomic E-state index is 14.3.